The molecule has 1 N–H and O–H groups in total. The molecule has 2 rings (SSSR count). The van der Waals surface area contributed by atoms with Gasteiger partial charge in [-0.15, -0.1) is 0 Å². The quantitative estimate of drug-likeness (QED) is 0.906. The van der Waals surface area contributed by atoms with E-state index >= 15 is 0 Å². The third-order valence-corrected chi connectivity index (χ3v) is 5.18. The Morgan fingerprint density at radius 1 is 1.05 bits per heavy atom. The largest absolute Gasteiger partial charge is 0.279 e. The van der Waals surface area contributed by atoms with Crippen molar-refractivity contribution in [3.05, 3.63) is 57.6 Å². The van der Waals surface area contributed by atoms with Crippen LogP contribution in [-0.4, -0.2) is 8.42 Å². The first-order valence-electron chi connectivity index (χ1n) is 5.85. The van der Waals surface area contributed by atoms with E-state index in [0.717, 1.165) is 11.1 Å². The molecule has 0 spiro atoms. The van der Waals surface area contributed by atoms with Crippen molar-refractivity contribution in [2.75, 3.05) is 4.72 Å². The fourth-order valence-corrected chi connectivity index (χ4v) is 3.62. The third kappa shape index (κ3) is 3.08. The van der Waals surface area contributed by atoms with Crippen LogP contribution in [0, 0.1) is 13.8 Å². The molecule has 0 aliphatic heterocycles. The molecule has 0 aromatic heterocycles. The molecule has 0 fully saturated rings. The molecule has 0 aliphatic rings. The van der Waals surface area contributed by atoms with Gasteiger partial charge in [0.1, 0.15) is 4.90 Å². The molecule has 0 atom stereocenters. The summed E-state index contributed by atoms with van der Waals surface area (Å²) in [6.07, 6.45) is 0. The molecule has 2 aromatic rings. The smallest absolute Gasteiger partial charge is 0.263 e. The van der Waals surface area contributed by atoms with Gasteiger partial charge in [-0.1, -0.05) is 41.4 Å². The summed E-state index contributed by atoms with van der Waals surface area (Å²) < 4.78 is 27.3. The van der Waals surface area contributed by atoms with E-state index in [1.165, 1.54) is 6.07 Å². The van der Waals surface area contributed by atoms with Gasteiger partial charge in [-0.05, 0) is 43.2 Å². The fourth-order valence-electron chi connectivity index (χ4n) is 1.74. The Balaban J connectivity index is 2.46. The zero-order chi connectivity index (χ0) is 14.9. The zero-order valence-electron chi connectivity index (χ0n) is 10.9. The number of benzene rings is 2. The highest BCUT2D eigenvalue weighted by Gasteiger charge is 2.20. The second kappa shape index (κ2) is 5.64. The van der Waals surface area contributed by atoms with Crippen molar-refractivity contribution in [3.63, 3.8) is 0 Å². The zero-order valence-corrected chi connectivity index (χ0v) is 13.3. The number of hydrogen-bond acceptors (Lipinski definition) is 2. The van der Waals surface area contributed by atoms with Gasteiger partial charge in [-0.25, -0.2) is 8.42 Å². The minimum Gasteiger partial charge on any atom is -0.279 e. The topological polar surface area (TPSA) is 46.2 Å². The molecule has 2 aromatic carbocycles. The normalized spacial score (nSPS) is 11.4. The molecule has 0 bridgehead atoms. The number of rotatable bonds is 3. The third-order valence-electron chi connectivity index (χ3n) is 2.84. The van der Waals surface area contributed by atoms with Crippen molar-refractivity contribution in [2.24, 2.45) is 0 Å². The van der Waals surface area contributed by atoms with Crippen molar-refractivity contribution in [1.82, 2.24) is 0 Å². The van der Waals surface area contributed by atoms with Crippen LogP contribution in [0.4, 0.5) is 5.69 Å². The summed E-state index contributed by atoms with van der Waals surface area (Å²) in [6, 6.07) is 10.0. The Kier molecular flexibility index (Phi) is 4.28. The lowest BCUT2D eigenvalue weighted by Crippen LogP contribution is -2.14. The van der Waals surface area contributed by atoms with Crippen molar-refractivity contribution < 1.29 is 8.42 Å². The highest BCUT2D eigenvalue weighted by Crippen LogP contribution is 2.30. The summed E-state index contributed by atoms with van der Waals surface area (Å²) >= 11 is 11.8. The Morgan fingerprint density at radius 2 is 1.75 bits per heavy atom. The molecule has 106 valence electrons. The van der Waals surface area contributed by atoms with Crippen molar-refractivity contribution in [2.45, 2.75) is 18.7 Å². The minimum atomic E-state index is -3.77. The lowest BCUT2D eigenvalue weighted by Gasteiger charge is -2.12. The van der Waals surface area contributed by atoms with E-state index in [4.69, 9.17) is 23.2 Å². The monoisotopic (exact) mass is 329 g/mol. The number of anilines is 1. The first-order chi connectivity index (χ1) is 9.31. The van der Waals surface area contributed by atoms with E-state index in [-0.39, 0.29) is 14.9 Å². The number of sulfonamides is 1. The summed E-state index contributed by atoms with van der Waals surface area (Å²) in [6.45, 7) is 3.72. The summed E-state index contributed by atoms with van der Waals surface area (Å²) in [5.74, 6) is 0. The van der Waals surface area contributed by atoms with Crippen LogP contribution in [0.3, 0.4) is 0 Å². The maximum Gasteiger partial charge on any atom is 0.263 e. The number of nitrogens with one attached hydrogen (secondary N) is 1. The van der Waals surface area contributed by atoms with Crippen LogP contribution < -0.4 is 4.72 Å². The van der Waals surface area contributed by atoms with E-state index in [1.807, 2.05) is 26.0 Å². The number of halogens is 2. The lowest BCUT2D eigenvalue weighted by atomic mass is 10.1. The summed E-state index contributed by atoms with van der Waals surface area (Å²) in [7, 11) is -3.77. The van der Waals surface area contributed by atoms with Gasteiger partial charge in [0.05, 0.1) is 15.7 Å². The highest BCUT2D eigenvalue weighted by atomic mass is 35.5. The summed E-state index contributed by atoms with van der Waals surface area (Å²) in [4.78, 5) is -0.0347. The molecule has 3 nitrogen and oxygen atoms in total. The maximum atomic E-state index is 12.4. The summed E-state index contributed by atoms with van der Waals surface area (Å²) in [5.41, 5.74) is 2.32. The predicted molar refractivity (Wildman–Crippen MR) is 83.2 cm³/mol. The van der Waals surface area contributed by atoms with Gasteiger partial charge in [-0.2, -0.15) is 0 Å². The molecule has 0 heterocycles. The van der Waals surface area contributed by atoms with Crippen LogP contribution >= 0.6 is 23.2 Å². The molecule has 0 saturated carbocycles. The van der Waals surface area contributed by atoms with Crippen LogP contribution in [0.15, 0.2) is 41.3 Å². The fraction of sp³-hybridized carbons (Fsp3) is 0.143. The van der Waals surface area contributed by atoms with E-state index in [9.17, 15) is 8.42 Å². The molecule has 0 radical (unpaired) electrons. The Hall–Kier alpha value is -1.23. The average molecular weight is 330 g/mol. The first kappa shape index (κ1) is 15.2. The molecular weight excluding hydrogens is 317 g/mol. The lowest BCUT2D eigenvalue weighted by molar-refractivity contribution is 0.601. The van der Waals surface area contributed by atoms with Gasteiger partial charge in [0.25, 0.3) is 10.0 Å². The average Bonchev–Trinajstić information content (AvgIpc) is 2.36. The van der Waals surface area contributed by atoms with Gasteiger partial charge in [0, 0.05) is 0 Å². The standard InChI is InChI=1S/C14H13Cl2NO2S/c1-9-6-7-10(2)12(8-9)17-20(18,19)13-5-3-4-11(15)14(13)16/h3-8,17H,1-2H3. The highest BCUT2D eigenvalue weighted by molar-refractivity contribution is 7.92. The van der Waals surface area contributed by atoms with Gasteiger partial charge in [-0.3, -0.25) is 4.72 Å². The second-order valence-electron chi connectivity index (χ2n) is 4.48. The van der Waals surface area contributed by atoms with E-state index < -0.39 is 10.0 Å². The van der Waals surface area contributed by atoms with Crippen molar-refractivity contribution in [3.8, 4) is 0 Å². The molecule has 0 unspecified atom stereocenters. The Labute approximate surface area is 128 Å². The predicted octanol–water partition coefficient (Wildman–Crippen LogP) is 4.41. The summed E-state index contributed by atoms with van der Waals surface area (Å²) in [5, 5.41) is 0.225. The van der Waals surface area contributed by atoms with E-state index in [1.54, 1.807) is 18.2 Å². The van der Waals surface area contributed by atoms with Crippen LogP contribution in [-0.2, 0) is 10.0 Å². The molecule has 20 heavy (non-hydrogen) atoms. The van der Waals surface area contributed by atoms with E-state index in [0.29, 0.717) is 5.69 Å². The molecule has 0 amide bonds. The SMILES string of the molecule is Cc1ccc(C)c(NS(=O)(=O)c2cccc(Cl)c2Cl)c1. The second-order valence-corrected chi connectivity index (χ2v) is 6.91. The van der Waals surface area contributed by atoms with Crippen LogP contribution in [0.1, 0.15) is 11.1 Å². The van der Waals surface area contributed by atoms with Gasteiger partial charge < -0.3 is 0 Å². The number of hydrogen-bond donors (Lipinski definition) is 1. The van der Waals surface area contributed by atoms with Gasteiger partial charge in [0.2, 0.25) is 0 Å². The van der Waals surface area contributed by atoms with Crippen LogP contribution in [0.5, 0.6) is 0 Å². The van der Waals surface area contributed by atoms with Crippen LogP contribution in [0.2, 0.25) is 10.0 Å². The van der Waals surface area contributed by atoms with Gasteiger partial charge >= 0.3 is 0 Å². The minimum absolute atomic E-state index is 0.0203. The van der Waals surface area contributed by atoms with Crippen molar-refractivity contribution in [1.29, 1.82) is 0 Å². The molecule has 6 heteroatoms. The van der Waals surface area contributed by atoms with Crippen molar-refractivity contribution >= 4 is 38.9 Å². The van der Waals surface area contributed by atoms with Gasteiger partial charge in [0.15, 0.2) is 0 Å². The van der Waals surface area contributed by atoms with E-state index in [2.05, 4.69) is 4.72 Å². The maximum absolute atomic E-state index is 12.4. The first-order valence-corrected chi connectivity index (χ1v) is 8.09. The molecule has 0 aliphatic carbocycles. The Morgan fingerprint density at radius 3 is 2.45 bits per heavy atom. The van der Waals surface area contributed by atoms with Crippen LogP contribution in [0.25, 0.3) is 0 Å². The number of aryl methyl sites for hydroxylation is 2. The Bertz CT molecular complexity index is 758. The molecular formula is C14H13Cl2NO2S. The molecule has 0 saturated heterocycles.